The van der Waals surface area contributed by atoms with Gasteiger partial charge in [-0.25, -0.2) is 0 Å². The fraction of sp³-hybridized carbons (Fsp3) is 0.300. The van der Waals surface area contributed by atoms with Gasteiger partial charge in [0.25, 0.3) is 0 Å². The highest BCUT2D eigenvalue weighted by Crippen LogP contribution is 2.35. The minimum atomic E-state index is -0.870. The first-order valence-electron chi connectivity index (χ1n) is 4.43. The van der Waals surface area contributed by atoms with Crippen molar-refractivity contribution in [1.82, 2.24) is 0 Å². The van der Waals surface area contributed by atoms with Crippen molar-refractivity contribution < 1.29 is 20.1 Å². The van der Waals surface area contributed by atoms with E-state index in [9.17, 15) is 15.0 Å². The zero-order valence-electron chi connectivity index (χ0n) is 7.90. The molecule has 0 saturated heterocycles. The van der Waals surface area contributed by atoms with Crippen molar-refractivity contribution in [2.24, 2.45) is 0 Å². The van der Waals surface area contributed by atoms with E-state index in [0.29, 0.717) is 22.9 Å². The maximum absolute atomic E-state index is 10.3. The number of halogens is 1. The van der Waals surface area contributed by atoms with Gasteiger partial charge in [-0.3, -0.25) is 4.79 Å². The fourth-order valence-corrected chi connectivity index (χ4v) is 1.77. The van der Waals surface area contributed by atoms with Crippen LogP contribution in [0.4, 0.5) is 0 Å². The molecule has 0 spiro atoms. The Morgan fingerprint density at radius 2 is 2.00 bits per heavy atom. The van der Waals surface area contributed by atoms with Crippen LogP contribution < -0.4 is 0 Å². The molecule has 0 aliphatic rings. The molecule has 0 fully saturated rings. The molecule has 1 rings (SSSR count). The largest absolute Gasteiger partial charge is 0.504 e. The standard InChI is InChI=1S/C10H11BrO4/c11-7-4-5-8(12)10(15)6(7)2-1-3-9(13)14/h4-5,12,15H,1-3H2,(H,13,14). The van der Waals surface area contributed by atoms with E-state index in [0.717, 1.165) is 0 Å². The molecule has 0 aliphatic heterocycles. The smallest absolute Gasteiger partial charge is 0.303 e. The van der Waals surface area contributed by atoms with Crippen LogP contribution in [0.15, 0.2) is 16.6 Å². The first kappa shape index (κ1) is 11.8. The first-order chi connectivity index (χ1) is 7.02. The van der Waals surface area contributed by atoms with Gasteiger partial charge in [-0.1, -0.05) is 15.9 Å². The van der Waals surface area contributed by atoms with Gasteiger partial charge in [0.15, 0.2) is 11.5 Å². The summed E-state index contributed by atoms with van der Waals surface area (Å²) in [5.41, 5.74) is 0.538. The summed E-state index contributed by atoms with van der Waals surface area (Å²) in [5.74, 6) is -1.25. The van der Waals surface area contributed by atoms with E-state index in [-0.39, 0.29) is 17.9 Å². The lowest BCUT2D eigenvalue weighted by molar-refractivity contribution is -0.137. The molecule has 0 bridgehead atoms. The highest BCUT2D eigenvalue weighted by molar-refractivity contribution is 9.10. The molecule has 82 valence electrons. The third kappa shape index (κ3) is 3.13. The van der Waals surface area contributed by atoms with Gasteiger partial charge in [0.2, 0.25) is 0 Å². The number of phenolic OH excluding ortho intramolecular Hbond substituents is 2. The third-order valence-electron chi connectivity index (χ3n) is 2.02. The van der Waals surface area contributed by atoms with Crippen molar-refractivity contribution in [2.75, 3.05) is 0 Å². The van der Waals surface area contributed by atoms with Crippen molar-refractivity contribution >= 4 is 21.9 Å². The predicted octanol–water partition coefficient (Wildman–Crippen LogP) is 2.27. The fourth-order valence-electron chi connectivity index (χ4n) is 1.25. The second-order valence-electron chi connectivity index (χ2n) is 3.14. The number of carboxylic acids is 1. The molecule has 15 heavy (non-hydrogen) atoms. The molecular formula is C10H11BrO4. The Hall–Kier alpha value is -1.23. The van der Waals surface area contributed by atoms with Gasteiger partial charge in [-0.15, -0.1) is 0 Å². The molecule has 0 unspecified atom stereocenters. The summed E-state index contributed by atoms with van der Waals surface area (Å²) in [4.78, 5) is 10.3. The summed E-state index contributed by atoms with van der Waals surface area (Å²) in [6, 6.07) is 2.99. The van der Waals surface area contributed by atoms with E-state index < -0.39 is 5.97 Å². The van der Waals surface area contributed by atoms with Crippen LogP contribution in [0.2, 0.25) is 0 Å². The SMILES string of the molecule is O=C(O)CCCc1c(Br)ccc(O)c1O. The molecule has 0 aliphatic carbocycles. The number of aliphatic carboxylic acids is 1. The van der Waals surface area contributed by atoms with E-state index in [1.165, 1.54) is 6.07 Å². The van der Waals surface area contributed by atoms with Crippen LogP contribution in [0.5, 0.6) is 11.5 Å². The second-order valence-corrected chi connectivity index (χ2v) is 4.00. The van der Waals surface area contributed by atoms with Crippen LogP contribution in [0.25, 0.3) is 0 Å². The van der Waals surface area contributed by atoms with E-state index in [1.54, 1.807) is 6.07 Å². The normalized spacial score (nSPS) is 10.2. The Bertz CT molecular complexity index is 376. The Morgan fingerprint density at radius 3 is 2.60 bits per heavy atom. The van der Waals surface area contributed by atoms with E-state index in [2.05, 4.69) is 15.9 Å². The molecule has 0 aromatic heterocycles. The second kappa shape index (κ2) is 5.02. The lowest BCUT2D eigenvalue weighted by atomic mass is 10.1. The van der Waals surface area contributed by atoms with Gasteiger partial charge >= 0.3 is 5.97 Å². The van der Waals surface area contributed by atoms with Gasteiger partial charge in [0.1, 0.15) is 0 Å². The quantitative estimate of drug-likeness (QED) is 0.736. The number of phenols is 2. The number of carboxylic acid groups (broad SMARTS) is 1. The molecule has 0 radical (unpaired) electrons. The third-order valence-corrected chi connectivity index (χ3v) is 2.76. The Labute approximate surface area is 95.3 Å². The summed E-state index contributed by atoms with van der Waals surface area (Å²) < 4.78 is 0.670. The topological polar surface area (TPSA) is 77.8 Å². The highest BCUT2D eigenvalue weighted by atomic mass is 79.9. The van der Waals surface area contributed by atoms with Crippen molar-refractivity contribution in [3.8, 4) is 11.5 Å². The molecule has 4 nitrogen and oxygen atoms in total. The molecule has 0 saturated carbocycles. The van der Waals surface area contributed by atoms with E-state index in [4.69, 9.17) is 5.11 Å². The van der Waals surface area contributed by atoms with Crippen molar-refractivity contribution in [1.29, 1.82) is 0 Å². The van der Waals surface area contributed by atoms with Gasteiger partial charge in [0.05, 0.1) is 0 Å². The van der Waals surface area contributed by atoms with Gasteiger partial charge in [-0.05, 0) is 25.0 Å². The highest BCUT2D eigenvalue weighted by Gasteiger charge is 2.10. The molecule has 5 heteroatoms. The zero-order chi connectivity index (χ0) is 11.4. The minimum Gasteiger partial charge on any atom is -0.504 e. The van der Waals surface area contributed by atoms with Crippen LogP contribution in [-0.2, 0) is 11.2 Å². The van der Waals surface area contributed by atoms with Gasteiger partial charge in [0, 0.05) is 16.5 Å². The molecule has 1 aromatic carbocycles. The average molecular weight is 275 g/mol. The van der Waals surface area contributed by atoms with Crippen molar-refractivity contribution in [3.63, 3.8) is 0 Å². The molecule has 0 heterocycles. The summed E-state index contributed by atoms with van der Waals surface area (Å²) in [5, 5.41) is 27.2. The maximum atomic E-state index is 10.3. The number of rotatable bonds is 4. The number of carbonyl (C=O) groups is 1. The van der Waals surface area contributed by atoms with Crippen LogP contribution in [0, 0.1) is 0 Å². The van der Waals surface area contributed by atoms with Crippen molar-refractivity contribution in [2.45, 2.75) is 19.3 Å². The maximum Gasteiger partial charge on any atom is 0.303 e. The van der Waals surface area contributed by atoms with Crippen LogP contribution in [-0.4, -0.2) is 21.3 Å². The lowest BCUT2D eigenvalue weighted by Gasteiger charge is -2.07. The number of aromatic hydroxyl groups is 2. The van der Waals surface area contributed by atoms with E-state index in [1.807, 2.05) is 0 Å². The van der Waals surface area contributed by atoms with Crippen molar-refractivity contribution in [3.05, 3.63) is 22.2 Å². The Kier molecular flexibility index (Phi) is 3.96. The summed E-state index contributed by atoms with van der Waals surface area (Å²) in [6.45, 7) is 0. The van der Waals surface area contributed by atoms with Crippen LogP contribution >= 0.6 is 15.9 Å². The minimum absolute atomic E-state index is 0.0432. The average Bonchev–Trinajstić information content (AvgIpc) is 2.17. The lowest BCUT2D eigenvalue weighted by Crippen LogP contribution is -1.96. The van der Waals surface area contributed by atoms with Gasteiger partial charge < -0.3 is 15.3 Å². The molecule has 0 amide bonds. The Balaban J connectivity index is 2.75. The van der Waals surface area contributed by atoms with E-state index >= 15 is 0 Å². The van der Waals surface area contributed by atoms with Gasteiger partial charge in [-0.2, -0.15) is 0 Å². The van der Waals surface area contributed by atoms with Crippen LogP contribution in [0.1, 0.15) is 18.4 Å². The Morgan fingerprint density at radius 1 is 1.33 bits per heavy atom. The first-order valence-corrected chi connectivity index (χ1v) is 5.22. The molecule has 3 N–H and O–H groups in total. The molecular weight excluding hydrogens is 264 g/mol. The monoisotopic (exact) mass is 274 g/mol. The zero-order valence-corrected chi connectivity index (χ0v) is 9.49. The predicted molar refractivity (Wildman–Crippen MR) is 58.0 cm³/mol. The summed E-state index contributed by atoms with van der Waals surface area (Å²) in [7, 11) is 0. The molecule has 0 atom stereocenters. The van der Waals surface area contributed by atoms with Crippen LogP contribution in [0.3, 0.4) is 0 Å². The number of hydrogen-bond acceptors (Lipinski definition) is 3. The summed E-state index contributed by atoms with van der Waals surface area (Å²) >= 11 is 3.23. The summed E-state index contributed by atoms with van der Waals surface area (Å²) in [6.07, 6.45) is 0.875. The number of hydrogen-bond donors (Lipinski definition) is 3. The molecule has 1 aromatic rings. The number of benzene rings is 1.